The Bertz CT molecular complexity index is 478. The first-order valence-electron chi connectivity index (χ1n) is 5.22. The molecule has 0 amide bonds. The van der Waals surface area contributed by atoms with Gasteiger partial charge in [0.2, 0.25) is 0 Å². The maximum atomic E-state index is 11.5. The van der Waals surface area contributed by atoms with Gasteiger partial charge >= 0.3 is 5.69 Å². The van der Waals surface area contributed by atoms with E-state index in [1.165, 1.54) is 16.8 Å². The lowest BCUT2D eigenvalue weighted by molar-refractivity contribution is 0.0906. The van der Waals surface area contributed by atoms with Crippen molar-refractivity contribution in [3.63, 3.8) is 0 Å². The summed E-state index contributed by atoms with van der Waals surface area (Å²) in [7, 11) is 0. The van der Waals surface area contributed by atoms with Crippen LogP contribution in [0, 0.1) is 5.92 Å². The lowest BCUT2D eigenvalue weighted by Crippen LogP contribution is -2.30. The molecule has 3 atom stereocenters. The lowest BCUT2D eigenvalue weighted by atomic mass is 10.1. The van der Waals surface area contributed by atoms with Crippen LogP contribution < -0.4 is 11.2 Å². The molecule has 6 nitrogen and oxygen atoms in total. The highest BCUT2D eigenvalue weighted by atomic mass is 16.3. The van der Waals surface area contributed by atoms with Crippen LogP contribution >= 0.6 is 0 Å². The Morgan fingerprint density at radius 3 is 2.75 bits per heavy atom. The molecule has 0 spiro atoms. The second kappa shape index (κ2) is 4.23. The molecular formula is C10H14N2O4. The molecule has 1 heterocycles. The molecule has 1 aromatic heterocycles. The second-order valence-electron chi connectivity index (χ2n) is 4.15. The van der Waals surface area contributed by atoms with Gasteiger partial charge in [0, 0.05) is 30.8 Å². The number of hydrogen-bond acceptors (Lipinski definition) is 4. The fourth-order valence-electron chi connectivity index (χ4n) is 2.21. The Hall–Kier alpha value is -1.40. The summed E-state index contributed by atoms with van der Waals surface area (Å²) < 4.78 is 1.40. The van der Waals surface area contributed by atoms with Gasteiger partial charge in [0.25, 0.3) is 5.56 Å². The molecule has 6 heteroatoms. The molecule has 3 N–H and O–H groups in total. The molecule has 0 bridgehead atoms. The minimum atomic E-state index is -0.589. The van der Waals surface area contributed by atoms with Crippen molar-refractivity contribution in [3.05, 3.63) is 33.1 Å². The Morgan fingerprint density at radius 1 is 1.44 bits per heavy atom. The minimum absolute atomic E-state index is 0.0875. The van der Waals surface area contributed by atoms with Crippen molar-refractivity contribution in [2.24, 2.45) is 5.92 Å². The average Bonchev–Trinajstić information content (AvgIpc) is 2.59. The zero-order valence-electron chi connectivity index (χ0n) is 8.67. The van der Waals surface area contributed by atoms with Crippen LogP contribution in [-0.2, 0) is 0 Å². The van der Waals surface area contributed by atoms with Crippen molar-refractivity contribution >= 4 is 0 Å². The first-order valence-corrected chi connectivity index (χ1v) is 5.22. The number of H-pyrrole nitrogens is 1. The molecule has 0 aliphatic heterocycles. The van der Waals surface area contributed by atoms with Gasteiger partial charge in [-0.25, -0.2) is 4.79 Å². The summed E-state index contributed by atoms with van der Waals surface area (Å²) in [5.41, 5.74) is -0.901. The number of aromatic amines is 1. The Morgan fingerprint density at radius 2 is 2.19 bits per heavy atom. The van der Waals surface area contributed by atoms with Gasteiger partial charge in [-0.3, -0.25) is 14.3 Å². The zero-order chi connectivity index (χ0) is 11.7. The molecule has 16 heavy (non-hydrogen) atoms. The number of aromatic nitrogens is 2. The Labute approximate surface area is 91.2 Å². The standard InChI is InChI=1S/C10H14N2O4/c13-5-6-3-7(4-8(6)14)12-2-1-9(15)11-10(12)16/h1-2,6-8,13-14H,3-5H2,(H,11,15,16)/t6-,7-,8+/m1/s1. The predicted octanol–water partition coefficient (Wildman–Crippen LogP) is -1.16. The smallest absolute Gasteiger partial charge is 0.328 e. The molecule has 1 aliphatic rings. The maximum absolute atomic E-state index is 11.5. The summed E-state index contributed by atoms with van der Waals surface area (Å²) >= 11 is 0. The van der Waals surface area contributed by atoms with E-state index in [0.717, 1.165) is 0 Å². The summed E-state index contributed by atoms with van der Waals surface area (Å²) in [6, 6.07) is 1.12. The van der Waals surface area contributed by atoms with Crippen LogP contribution in [-0.4, -0.2) is 32.5 Å². The highest BCUT2D eigenvalue weighted by molar-refractivity contribution is 4.92. The van der Waals surface area contributed by atoms with Gasteiger partial charge in [0.05, 0.1) is 6.10 Å². The SMILES string of the molecule is O=c1ccn([C@@H]2C[C@H](CO)[C@@H](O)C2)c(=O)[nH]1. The third-order valence-electron chi connectivity index (χ3n) is 3.11. The highest BCUT2D eigenvalue weighted by Gasteiger charge is 2.33. The fourth-order valence-corrected chi connectivity index (χ4v) is 2.21. The molecule has 1 fully saturated rings. The van der Waals surface area contributed by atoms with E-state index in [4.69, 9.17) is 5.11 Å². The fraction of sp³-hybridized carbons (Fsp3) is 0.600. The van der Waals surface area contributed by atoms with E-state index in [0.29, 0.717) is 12.8 Å². The predicted molar refractivity (Wildman–Crippen MR) is 56.2 cm³/mol. The number of hydrogen-bond donors (Lipinski definition) is 3. The van der Waals surface area contributed by atoms with Crippen LogP contribution in [0.4, 0.5) is 0 Å². The highest BCUT2D eigenvalue weighted by Crippen LogP contribution is 2.33. The molecule has 0 aromatic carbocycles. The van der Waals surface area contributed by atoms with Gasteiger partial charge in [-0.1, -0.05) is 0 Å². The van der Waals surface area contributed by atoms with Crippen molar-refractivity contribution in [2.75, 3.05) is 6.61 Å². The number of aliphatic hydroxyl groups is 2. The van der Waals surface area contributed by atoms with Crippen molar-refractivity contribution < 1.29 is 10.2 Å². The topological polar surface area (TPSA) is 95.3 Å². The third kappa shape index (κ3) is 1.94. The summed E-state index contributed by atoms with van der Waals surface area (Å²) in [5.74, 6) is -0.191. The zero-order valence-corrected chi connectivity index (χ0v) is 8.67. The van der Waals surface area contributed by atoms with E-state index in [1.54, 1.807) is 0 Å². The van der Waals surface area contributed by atoms with Crippen LogP contribution in [0.2, 0.25) is 0 Å². The van der Waals surface area contributed by atoms with Gasteiger partial charge < -0.3 is 10.2 Å². The molecular weight excluding hydrogens is 212 g/mol. The monoisotopic (exact) mass is 226 g/mol. The van der Waals surface area contributed by atoms with Crippen molar-refractivity contribution in [1.29, 1.82) is 0 Å². The van der Waals surface area contributed by atoms with Crippen LogP contribution in [0.3, 0.4) is 0 Å². The van der Waals surface area contributed by atoms with Crippen LogP contribution in [0.5, 0.6) is 0 Å². The van der Waals surface area contributed by atoms with Crippen LogP contribution in [0.1, 0.15) is 18.9 Å². The molecule has 88 valence electrons. The third-order valence-corrected chi connectivity index (χ3v) is 3.11. The van der Waals surface area contributed by atoms with Gasteiger partial charge in [0.15, 0.2) is 0 Å². The van der Waals surface area contributed by atoms with E-state index in [2.05, 4.69) is 4.98 Å². The van der Waals surface area contributed by atoms with Crippen molar-refractivity contribution in [2.45, 2.75) is 25.0 Å². The molecule has 0 unspecified atom stereocenters. The summed E-state index contributed by atoms with van der Waals surface area (Å²) in [6.07, 6.45) is 1.81. The normalized spacial score (nSPS) is 29.5. The maximum Gasteiger partial charge on any atom is 0.328 e. The van der Waals surface area contributed by atoms with Crippen LogP contribution in [0.15, 0.2) is 21.9 Å². The van der Waals surface area contributed by atoms with E-state index in [-0.39, 0.29) is 18.6 Å². The molecule has 0 radical (unpaired) electrons. The van der Waals surface area contributed by atoms with Gasteiger partial charge in [-0.2, -0.15) is 0 Å². The Kier molecular flexibility index (Phi) is 2.93. The molecule has 0 saturated heterocycles. The number of nitrogens with zero attached hydrogens (tertiary/aromatic N) is 1. The van der Waals surface area contributed by atoms with Gasteiger partial charge in [-0.05, 0) is 12.8 Å². The minimum Gasteiger partial charge on any atom is -0.396 e. The average molecular weight is 226 g/mol. The molecule has 1 aromatic rings. The molecule has 1 saturated carbocycles. The quantitative estimate of drug-likeness (QED) is 0.593. The first-order chi connectivity index (χ1) is 7.61. The van der Waals surface area contributed by atoms with Gasteiger partial charge in [-0.15, -0.1) is 0 Å². The van der Waals surface area contributed by atoms with E-state index in [1.807, 2.05) is 0 Å². The summed E-state index contributed by atoms with van der Waals surface area (Å²) in [4.78, 5) is 24.5. The number of rotatable bonds is 2. The van der Waals surface area contributed by atoms with Crippen molar-refractivity contribution in [3.8, 4) is 0 Å². The summed E-state index contributed by atoms with van der Waals surface area (Å²) in [5, 5.41) is 18.6. The van der Waals surface area contributed by atoms with Crippen molar-refractivity contribution in [1.82, 2.24) is 9.55 Å². The first kappa shape index (κ1) is 11.1. The summed E-state index contributed by atoms with van der Waals surface area (Å²) in [6.45, 7) is -0.0875. The number of nitrogens with one attached hydrogen (secondary N) is 1. The largest absolute Gasteiger partial charge is 0.396 e. The van der Waals surface area contributed by atoms with E-state index < -0.39 is 17.4 Å². The lowest BCUT2D eigenvalue weighted by Gasteiger charge is -2.12. The number of aliphatic hydroxyl groups excluding tert-OH is 2. The Balaban J connectivity index is 2.27. The molecule has 1 aliphatic carbocycles. The van der Waals surface area contributed by atoms with E-state index >= 15 is 0 Å². The van der Waals surface area contributed by atoms with Gasteiger partial charge in [0.1, 0.15) is 0 Å². The van der Waals surface area contributed by atoms with E-state index in [9.17, 15) is 14.7 Å². The molecule has 2 rings (SSSR count). The second-order valence-corrected chi connectivity index (χ2v) is 4.15. The van der Waals surface area contributed by atoms with Crippen LogP contribution in [0.25, 0.3) is 0 Å².